The topological polar surface area (TPSA) is 38.3 Å². The molecule has 1 fully saturated rings. The largest absolute Gasteiger partial charge is 0.465 e. The lowest BCUT2D eigenvalue weighted by Crippen LogP contribution is -2.18. The van der Waals surface area contributed by atoms with Crippen LogP contribution >= 0.6 is 0 Å². The fourth-order valence-electron chi connectivity index (χ4n) is 1.26. The van der Waals surface area contributed by atoms with Gasteiger partial charge in [-0.05, 0) is 6.42 Å². The van der Waals surface area contributed by atoms with Crippen LogP contribution in [0.5, 0.6) is 0 Å². The Bertz CT molecular complexity index is 211. The van der Waals surface area contributed by atoms with Crippen LogP contribution in [0.2, 0.25) is 0 Å². The molecule has 74 valence electrons. The number of nitrogens with one attached hydrogen (secondary N) is 1. The SMILES string of the molecule is C=C1NCCC1COC(=O)C(C)C. The van der Waals surface area contributed by atoms with Crippen molar-refractivity contribution in [2.24, 2.45) is 11.8 Å². The minimum Gasteiger partial charge on any atom is -0.465 e. The molecule has 0 aliphatic carbocycles. The first kappa shape index (κ1) is 10.1. The Hall–Kier alpha value is -0.990. The summed E-state index contributed by atoms with van der Waals surface area (Å²) in [5, 5.41) is 3.14. The molecule has 0 saturated carbocycles. The molecule has 1 N–H and O–H groups in total. The molecular formula is C10H17NO2. The molecule has 1 saturated heterocycles. The van der Waals surface area contributed by atoms with Gasteiger partial charge in [0.1, 0.15) is 0 Å². The molecule has 0 aromatic rings. The van der Waals surface area contributed by atoms with Crippen LogP contribution in [0, 0.1) is 11.8 Å². The van der Waals surface area contributed by atoms with E-state index in [-0.39, 0.29) is 11.9 Å². The third kappa shape index (κ3) is 2.76. The highest BCUT2D eigenvalue weighted by Crippen LogP contribution is 2.17. The highest BCUT2D eigenvalue weighted by atomic mass is 16.5. The number of carbonyl (C=O) groups is 1. The first-order chi connectivity index (χ1) is 6.11. The van der Waals surface area contributed by atoms with Crippen LogP contribution in [0.1, 0.15) is 20.3 Å². The summed E-state index contributed by atoms with van der Waals surface area (Å²) in [6, 6.07) is 0. The van der Waals surface area contributed by atoms with Gasteiger partial charge in [-0.3, -0.25) is 4.79 Å². The maximum Gasteiger partial charge on any atom is 0.308 e. The van der Waals surface area contributed by atoms with E-state index in [0.717, 1.165) is 18.7 Å². The minimum atomic E-state index is -0.125. The van der Waals surface area contributed by atoms with Gasteiger partial charge in [-0.2, -0.15) is 0 Å². The molecule has 1 heterocycles. The second kappa shape index (κ2) is 4.30. The highest BCUT2D eigenvalue weighted by molar-refractivity contribution is 5.71. The molecule has 1 unspecified atom stereocenters. The standard InChI is InChI=1S/C10H17NO2/c1-7(2)10(12)13-6-9-4-5-11-8(9)3/h7,9,11H,3-6H2,1-2H3. The molecule has 1 aliphatic rings. The van der Waals surface area contributed by atoms with Gasteiger partial charge in [0.15, 0.2) is 0 Å². The number of esters is 1. The maximum atomic E-state index is 11.1. The fraction of sp³-hybridized carbons (Fsp3) is 0.700. The van der Waals surface area contributed by atoms with Crippen LogP contribution in [0.15, 0.2) is 12.3 Å². The van der Waals surface area contributed by atoms with Gasteiger partial charge < -0.3 is 10.1 Å². The van der Waals surface area contributed by atoms with Gasteiger partial charge in [0.2, 0.25) is 0 Å². The number of ether oxygens (including phenoxy) is 1. The van der Waals surface area contributed by atoms with E-state index in [4.69, 9.17) is 4.74 Å². The van der Waals surface area contributed by atoms with Crippen LogP contribution < -0.4 is 5.32 Å². The molecular weight excluding hydrogens is 166 g/mol. The van der Waals surface area contributed by atoms with E-state index in [1.54, 1.807) is 0 Å². The van der Waals surface area contributed by atoms with Crippen molar-refractivity contribution in [2.75, 3.05) is 13.2 Å². The van der Waals surface area contributed by atoms with Crippen LogP contribution in [0.4, 0.5) is 0 Å². The number of hydrogen-bond donors (Lipinski definition) is 1. The van der Waals surface area contributed by atoms with Crippen LogP contribution in [-0.2, 0) is 9.53 Å². The van der Waals surface area contributed by atoms with Crippen LogP contribution in [0.3, 0.4) is 0 Å². The summed E-state index contributed by atoms with van der Waals surface area (Å²) in [5.74, 6) is 0.144. The van der Waals surface area contributed by atoms with Gasteiger partial charge in [-0.15, -0.1) is 0 Å². The average molecular weight is 183 g/mol. The molecule has 0 aromatic heterocycles. The van der Waals surface area contributed by atoms with Crippen molar-refractivity contribution < 1.29 is 9.53 Å². The summed E-state index contributed by atoms with van der Waals surface area (Å²) >= 11 is 0. The molecule has 13 heavy (non-hydrogen) atoms. The van der Waals surface area contributed by atoms with Gasteiger partial charge in [-0.1, -0.05) is 20.4 Å². The van der Waals surface area contributed by atoms with Crippen molar-refractivity contribution in [2.45, 2.75) is 20.3 Å². The summed E-state index contributed by atoms with van der Waals surface area (Å²) in [6.45, 7) is 8.95. The van der Waals surface area contributed by atoms with Gasteiger partial charge in [0, 0.05) is 18.2 Å². The van der Waals surface area contributed by atoms with E-state index < -0.39 is 0 Å². The van der Waals surface area contributed by atoms with Gasteiger partial charge in [0.25, 0.3) is 0 Å². The Balaban J connectivity index is 2.26. The van der Waals surface area contributed by atoms with E-state index in [1.165, 1.54) is 0 Å². The first-order valence-corrected chi connectivity index (χ1v) is 4.70. The average Bonchev–Trinajstić information content (AvgIpc) is 2.47. The van der Waals surface area contributed by atoms with Crippen molar-refractivity contribution in [1.29, 1.82) is 0 Å². The van der Waals surface area contributed by atoms with Gasteiger partial charge in [-0.25, -0.2) is 0 Å². The van der Waals surface area contributed by atoms with Crippen LogP contribution in [0.25, 0.3) is 0 Å². The van der Waals surface area contributed by atoms with E-state index in [2.05, 4.69) is 11.9 Å². The molecule has 0 bridgehead atoms. The molecule has 0 amide bonds. The lowest BCUT2D eigenvalue weighted by Gasteiger charge is -2.12. The number of hydrogen-bond acceptors (Lipinski definition) is 3. The molecule has 3 nitrogen and oxygen atoms in total. The Labute approximate surface area is 79.2 Å². The number of carbonyl (C=O) groups excluding carboxylic acids is 1. The molecule has 1 atom stereocenters. The smallest absolute Gasteiger partial charge is 0.308 e. The monoisotopic (exact) mass is 183 g/mol. The van der Waals surface area contributed by atoms with Crippen LogP contribution in [-0.4, -0.2) is 19.1 Å². The third-order valence-electron chi connectivity index (χ3n) is 2.24. The van der Waals surface area contributed by atoms with E-state index in [1.807, 2.05) is 13.8 Å². The zero-order valence-electron chi connectivity index (χ0n) is 8.30. The molecule has 0 radical (unpaired) electrons. The highest BCUT2D eigenvalue weighted by Gasteiger charge is 2.20. The lowest BCUT2D eigenvalue weighted by atomic mass is 10.1. The first-order valence-electron chi connectivity index (χ1n) is 4.70. The van der Waals surface area contributed by atoms with Crippen molar-refractivity contribution in [3.05, 3.63) is 12.3 Å². The Kier molecular flexibility index (Phi) is 3.34. The molecule has 1 aliphatic heterocycles. The van der Waals surface area contributed by atoms with E-state index in [0.29, 0.717) is 12.5 Å². The summed E-state index contributed by atoms with van der Waals surface area (Å²) in [6.07, 6.45) is 1.02. The quantitative estimate of drug-likeness (QED) is 0.670. The molecule has 3 heteroatoms. The van der Waals surface area contributed by atoms with Gasteiger partial charge >= 0.3 is 5.97 Å². The fourth-order valence-corrected chi connectivity index (χ4v) is 1.26. The zero-order valence-corrected chi connectivity index (χ0v) is 8.30. The number of rotatable bonds is 3. The normalized spacial score (nSPS) is 21.8. The van der Waals surface area contributed by atoms with E-state index >= 15 is 0 Å². The maximum absolute atomic E-state index is 11.1. The van der Waals surface area contributed by atoms with Crippen molar-refractivity contribution in [3.8, 4) is 0 Å². The molecule has 0 spiro atoms. The Morgan fingerprint density at radius 3 is 2.92 bits per heavy atom. The second-order valence-electron chi connectivity index (χ2n) is 3.72. The summed E-state index contributed by atoms with van der Waals surface area (Å²) in [4.78, 5) is 11.1. The van der Waals surface area contributed by atoms with Gasteiger partial charge in [0.05, 0.1) is 12.5 Å². The van der Waals surface area contributed by atoms with Crippen molar-refractivity contribution >= 4 is 5.97 Å². The lowest BCUT2D eigenvalue weighted by molar-refractivity contribution is -0.148. The van der Waals surface area contributed by atoms with E-state index in [9.17, 15) is 4.79 Å². The summed E-state index contributed by atoms with van der Waals surface area (Å²) in [5.41, 5.74) is 0.997. The second-order valence-corrected chi connectivity index (χ2v) is 3.72. The zero-order chi connectivity index (χ0) is 9.84. The summed E-state index contributed by atoms with van der Waals surface area (Å²) < 4.78 is 5.12. The third-order valence-corrected chi connectivity index (χ3v) is 2.24. The Morgan fingerprint density at radius 1 is 1.77 bits per heavy atom. The summed E-state index contributed by atoms with van der Waals surface area (Å²) in [7, 11) is 0. The predicted octanol–water partition coefficient (Wildman–Crippen LogP) is 1.31. The molecule has 0 aromatic carbocycles. The van der Waals surface area contributed by atoms with Crippen molar-refractivity contribution in [3.63, 3.8) is 0 Å². The predicted molar refractivity (Wildman–Crippen MR) is 51.0 cm³/mol. The Morgan fingerprint density at radius 2 is 2.46 bits per heavy atom. The van der Waals surface area contributed by atoms with Crippen molar-refractivity contribution in [1.82, 2.24) is 5.32 Å². The minimum absolute atomic E-state index is 0.0392. The molecule has 1 rings (SSSR count).